The van der Waals surface area contributed by atoms with E-state index in [0.29, 0.717) is 25.1 Å². The van der Waals surface area contributed by atoms with E-state index < -0.39 is 6.10 Å². The molecular formula is C24H33NO5. The Morgan fingerprint density at radius 1 is 1.30 bits per heavy atom. The molecule has 0 saturated carbocycles. The summed E-state index contributed by atoms with van der Waals surface area (Å²) in [5.41, 5.74) is 2.06. The number of methoxy groups -OCH3 is 1. The third-order valence-electron chi connectivity index (χ3n) is 5.35. The monoisotopic (exact) mass is 415 g/mol. The van der Waals surface area contributed by atoms with Gasteiger partial charge in [0.05, 0.1) is 13.7 Å². The average Bonchev–Trinajstić information content (AvgIpc) is 3.23. The minimum absolute atomic E-state index is 0.0591. The second-order valence-corrected chi connectivity index (χ2v) is 7.78. The van der Waals surface area contributed by atoms with Gasteiger partial charge in [-0.3, -0.25) is 14.6 Å². The Bertz CT molecular complexity index is 784. The highest BCUT2D eigenvalue weighted by Crippen LogP contribution is 2.29. The van der Waals surface area contributed by atoms with E-state index in [-0.39, 0.29) is 29.8 Å². The summed E-state index contributed by atoms with van der Waals surface area (Å²) in [5, 5.41) is 9.71. The summed E-state index contributed by atoms with van der Waals surface area (Å²) >= 11 is 0. The molecular weight excluding hydrogens is 382 g/mol. The maximum Gasteiger partial charge on any atom is 0.302 e. The predicted molar refractivity (Wildman–Crippen MR) is 117 cm³/mol. The van der Waals surface area contributed by atoms with Crippen molar-refractivity contribution < 1.29 is 24.2 Å². The molecule has 1 heterocycles. The van der Waals surface area contributed by atoms with Crippen molar-refractivity contribution in [2.24, 2.45) is 10.9 Å². The molecule has 2 rings (SSSR count). The van der Waals surface area contributed by atoms with Gasteiger partial charge in [-0.25, -0.2) is 0 Å². The number of carbonyl (C=O) groups is 2. The number of hydrogen-bond acceptors (Lipinski definition) is 6. The van der Waals surface area contributed by atoms with Crippen LogP contribution in [0.5, 0.6) is 11.5 Å². The number of nitrogens with zero attached hydrogens (tertiary/aromatic N) is 1. The molecule has 1 aliphatic heterocycles. The van der Waals surface area contributed by atoms with Crippen molar-refractivity contribution in [2.45, 2.75) is 64.9 Å². The lowest BCUT2D eigenvalue weighted by atomic mass is 9.86. The number of esters is 1. The second-order valence-electron chi connectivity index (χ2n) is 7.78. The number of Topliss-reactive ketones (excluding diaryl/α,β-unsaturated/α-hetero) is 1. The molecule has 0 aromatic heterocycles. The average molecular weight is 416 g/mol. The molecule has 1 aromatic rings. The Morgan fingerprint density at radius 2 is 2.10 bits per heavy atom. The number of carbonyl (C=O) groups excluding carboxylic acids is 2. The van der Waals surface area contributed by atoms with E-state index in [1.54, 1.807) is 18.2 Å². The maximum atomic E-state index is 12.7. The van der Waals surface area contributed by atoms with Crippen LogP contribution in [0.3, 0.4) is 0 Å². The van der Waals surface area contributed by atoms with Gasteiger partial charge in [0.1, 0.15) is 11.9 Å². The second kappa shape index (κ2) is 12.2. The molecule has 0 amide bonds. The van der Waals surface area contributed by atoms with E-state index in [2.05, 4.69) is 18.0 Å². The standard InChI is InChI=1S/C24H33NO5/c1-4-5-6-20(13-19-11-12-25-16-19)23(30-17(2)26)15-21(27)9-7-18-8-10-22(28)24(14-18)29-3/h8,10-11,14,16,20,23,28H,4-7,9,12-13,15H2,1-3H3/t20-,23+/m1/s1. The molecule has 0 saturated heterocycles. The van der Waals surface area contributed by atoms with Crippen LogP contribution in [0.25, 0.3) is 0 Å². The molecule has 30 heavy (non-hydrogen) atoms. The Kier molecular flexibility index (Phi) is 9.58. The maximum absolute atomic E-state index is 12.7. The smallest absolute Gasteiger partial charge is 0.302 e. The summed E-state index contributed by atoms with van der Waals surface area (Å²) in [5.74, 6) is 0.271. The highest BCUT2D eigenvalue weighted by atomic mass is 16.5. The number of unbranched alkanes of at least 4 members (excludes halogenated alkanes) is 1. The molecule has 0 aliphatic carbocycles. The third-order valence-corrected chi connectivity index (χ3v) is 5.35. The molecule has 1 aliphatic rings. The zero-order valence-electron chi connectivity index (χ0n) is 18.2. The molecule has 6 nitrogen and oxygen atoms in total. The molecule has 6 heteroatoms. The zero-order valence-corrected chi connectivity index (χ0v) is 18.2. The number of hydrogen-bond donors (Lipinski definition) is 1. The number of rotatable bonds is 13. The number of aliphatic imine (C=N–C) groups is 1. The summed E-state index contributed by atoms with van der Waals surface area (Å²) in [7, 11) is 1.49. The van der Waals surface area contributed by atoms with E-state index >= 15 is 0 Å². The molecule has 0 radical (unpaired) electrons. The number of phenolic OH excluding ortho intramolecular Hbond substituents is 1. The van der Waals surface area contributed by atoms with Gasteiger partial charge in [0.15, 0.2) is 11.5 Å². The van der Waals surface area contributed by atoms with Crippen molar-refractivity contribution in [1.29, 1.82) is 0 Å². The van der Waals surface area contributed by atoms with E-state index in [9.17, 15) is 14.7 Å². The van der Waals surface area contributed by atoms with Crippen LogP contribution in [0.15, 0.2) is 34.8 Å². The van der Waals surface area contributed by atoms with Crippen LogP contribution in [-0.4, -0.2) is 42.8 Å². The van der Waals surface area contributed by atoms with Crippen molar-refractivity contribution in [3.8, 4) is 11.5 Å². The van der Waals surface area contributed by atoms with E-state index in [1.807, 2.05) is 6.21 Å². The molecule has 0 unspecified atom stereocenters. The normalized spacial score (nSPS) is 14.8. The van der Waals surface area contributed by atoms with Crippen molar-refractivity contribution >= 4 is 18.0 Å². The van der Waals surface area contributed by atoms with Crippen molar-refractivity contribution in [2.75, 3.05) is 13.7 Å². The fourth-order valence-corrected chi connectivity index (χ4v) is 3.72. The first kappa shape index (κ1) is 23.6. The van der Waals surface area contributed by atoms with Gasteiger partial charge in [-0.2, -0.15) is 0 Å². The summed E-state index contributed by atoms with van der Waals surface area (Å²) in [6, 6.07) is 5.09. The quantitative estimate of drug-likeness (QED) is 0.482. The van der Waals surface area contributed by atoms with Crippen LogP contribution < -0.4 is 4.74 Å². The molecule has 2 atom stereocenters. The fraction of sp³-hybridized carbons (Fsp3) is 0.542. The molecule has 164 valence electrons. The van der Waals surface area contributed by atoms with Crippen LogP contribution >= 0.6 is 0 Å². The molecule has 0 fully saturated rings. The minimum atomic E-state index is -0.425. The van der Waals surface area contributed by atoms with Crippen molar-refractivity contribution in [3.63, 3.8) is 0 Å². The number of benzene rings is 1. The lowest BCUT2D eigenvalue weighted by molar-refractivity contribution is -0.150. The van der Waals surface area contributed by atoms with Gasteiger partial charge in [0.2, 0.25) is 0 Å². The van der Waals surface area contributed by atoms with E-state index in [1.165, 1.54) is 14.0 Å². The van der Waals surface area contributed by atoms with E-state index in [0.717, 1.165) is 36.8 Å². The van der Waals surface area contributed by atoms with Crippen LogP contribution in [0.4, 0.5) is 0 Å². The van der Waals surface area contributed by atoms with Gasteiger partial charge in [-0.1, -0.05) is 31.9 Å². The van der Waals surface area contributed by atoms with Crippen molar-refractivity contribution in [3.05, 3.63) is 35.4 Å². The van der Waals surface area contributed by atoms with Crippen LogP contribution in [0.2, 0.25) is 0 Å². The first-order valence-corrected chi connectivity index (χ1v) is 10.7. The van der Waals surface area contributed by atoms with Gasteiger partial charge in [-0.05, 0) is 42.5 Å². The summed E-state index contributed by atoms with van der Waals surface area (Å²) in [6.07, 6.45) is 8.38. The van der Waals surface area contributed by atoms with Crippen LogP contribution in [0.1, 0.15) is 57.9 Å². The van der Waals surface area contributed by atoms with Gasteiger partial charge in [-0.15, -0.1) is 0 Å². The first-order chi connectivity index (χ1) is 14.4. The Morgan fingerprint density at radius 3 is 2.73 bits per heavy atom. The SMILES string of the molecule is CCCC[C@H](CC1=CCN=C1)[C@H](CC(=O)CCc1ccc(O)c(OC)c1)OC(C)=O. The van der Waals surface area contributed by atoms with Gasteiger partial charge < -0.3 is 14.6 Å². The van der Waals surface area contributed by atoms with Gasteiger partial charge in [0.25, 0.3) is 0 Å². The van der Waals surface area contributed by atoms with Crippen LogP contribution in [0, 0.1) is 5.92 Å². The minimum Gasteiger partial charge on any atom is -0.504 e. The summed E-state index contributed by atoms with van der Waals surface area (Å²) in [6.45, 7) is 4.22. The zero-order chi connectivity index (χ0) is 21.9. The van der Waals surface area contributed by atoms with Gasteiger partial charge in [0, 0.05) is 31.9 Å². The number of phenols is 1. The third kappa shape index (κ3) is 7.65. The van der Waals surface area contributed by atoms with Gasteiger partial charge >= 0.3 is 5.97 Å². The molecule has 0 bridgehead atoms. The Balaban J connectivity index is 2.02. The number of ether oxygens (including phenoxy) is 2. The number of aryl methyl sites for hydroxylation is 1. The fourth-order valence-electron chi connectivity index (χ4n) is 3.72. The molecule has 0 spiro atoms. The highest BCUT2D eigenvalue weighted by Gasteiger charge is 2.27. The Labute approximate surface area is 179 Å². The predicted octanol–water partition coefficient (Wildman–Crippen LogP) is 4.43. The highest BCUT2D eigenvalue weighted by molar-refractivity contribution is 5.81. The van der Waals surface area contributed by atoms with Crippen LogP contribution in [-0.2, 0) is 20.7 Å². The van der Waals surface area contributed by atoms with E-state index in [4.69, 9.17) is 9.47 Å². The topological polar surface area (TPSA) is 85.2 Å². The lowest BCUT2D eigenvalue weighted by Gasteiger charge is -2.26. The molecule has 1 N–H and O–H groups in total. The number of aromatic hydroxyl groups is 1. The summed E-state index contributed by atoms with van der Waals surface area (Å²) in [4.78, 5) is 28.7. The molecule has 1 aromatic carbocycles. The Hall–Kier alpha value is -2.63. The van der Waals surface area contributed by atoms with Crippen molar-refractivity contribution in [1.82, 2.24) is 0 Å². The summed E-state index contributed by atoms with van der Waals surface area (Å²) < 4.78 is 10.7. The number of ketones is 1. The largest absolute Gasteiger partial charge is 0.504 e. The first-order valence-electron chi connectivity index (χ1n) is 10.7. The lowest BCUT2D eigenvalue weighted by Crippen LogP contribution is -2.29. The number of allylic oxidation sites excluding steroid dienone is 1.